The first-order valence-electron chi connectivity index (χ1n) is 4.10. The largest absolute Gasteiger partial charge is 0.477 e. The lowest BCUT2D eigenvalue weighted by Crippen LogP contribution is -2.05. The van der Waals surface area contributed by atoms with E-state index in [2.05, 4.69) is 11.0 Å². The monoisotopic (exact) mass is 173 g/mol. The number of nitrogens with zero attached hydrogens (tertiary/aromatic N) is 1. The molecule has 2 heteroatoms. The van der Waals surface area contributed by atoms with Gasteiger partial charge in [-0.1, -0.05) is 24.6 Å². The zero-order valence-electron chi connectivity index (χ0n) is 7.53. The Bertz CT molecular complexity index is 322. The summed E-state index contributed by atoms with van der Waals surface area (Å²) >= 11 is 0. The van der Waals surface area contributed by atoms with Crippen molar-refractivity contribution in [1.29, 1.82) is 0 Å². The van der Waals surface area contributed by atoms with Crippen LogP contribution in [-0.2, 0) is 4.74 Å². The van der Waals surface area contributed by atoms with Gasteiger partial charge in [-0.05, 0) is 19.1 Å². The van der Waals surface area contributed by atoms with Crippen molar-refractivity contribution in [3.63, 3.8) is 0 Å². The summed E-state index contributed by atoms with van der Waals surface area (Å²) < 4.78 is 5.28. The van der Waals surface area contributed by atoms with E-state index in [1.54, 1.807) is 0 Å². The summed E-state index contributed by atoms with van der Waals surface area (Å²) in [5.74, 6) is 0.505. The first-order chi connectivity index (χ1) is 6.38. The van der Waals surface area contributed by atoms with Gasteiger partial charge in [-0.25, -0.2) is 0 Å². The average molecular weight is 173 g/mol. The van der Waals surface area contributed by atoms with Crippen molar-refractivity contribution in [3.8, 4) is 12.5 Å². The number of benzene rings is 1. The van der Waals surface area contributed by atoms with Crippen LogP contribution in [0.1, 0.15) is 12.5 Å². The fourth-order valence-corrected chi connectivity index (χ4v) is 0.956. The minimum Gasteiger partial charge on any atom is -0.477 e. The molecule has 0 unspecified atom stereocenters. The van der Waals surface area contributed by atoms with Gasteiger partial charge in [0.15, 0.2) is 0 Å². The van der Waals surface area contributed by atoms with Crippen molar-refractivity contribution in [2.24, 2.45) is 4.99 Å². The highest BCUT2D eigenvalue weighted by Gasteiger charge is 2.01. The third-order valence-electron chi connectivity index (χ3n) is 1.47. The van der Waals surface area contributed by atoms with Crippen molar-refractivity contribution in [2.45, 2.75) is 6.92 Å². The SMILES string of the molecule is C#CN=C(OCC)c1ccccc1. The van der Waals surface area contributed by atoms with Gasteiger partial charge >= 0.3 is 0 Å². The highest BCUT2D eigenvalue weighted by molar-refractivity contribution is 5.94. The second-order valence-electron chi connectivity index (χ2n) is 2.35. The molecule has 2 nitrogen and oxygen atoms in total. The van der Waals surface area contributed by atoms with E-state index in [9.17, 15) is 0 Å². The van der Waals surface area contributed by atoms with Crippen LogP contribution < -0.4 is 0 Å². The minimum absolute atomic E-state index is 0.505. The van der Waals surface area contributed by atoms with Crippen molar-refractivity contribution in [2.75, 3.05) is 6.61 Å². The third kappa shape index (κ3) is 2.64. The summed E-state index contributed by atoms with van der Waals surface area (Å²) in [5, 5.41) is 0. The van der Waals surface area contributed by atoms with Crippen molar-refractivity contribution in [3.05, 3.63) is 35.9 Å². The number of hydrogen-bond acceptors (Lipinski definition) is 2. The molecule has 0 aliphatic heterocycles. The van der Waals surface area contributed by atoms with Crippen LogP contribution in [-0.4, -0.2) is 12.5 Å². The van der Waals surface area contributed by atoms with Crippen LogP contribution in [0, 0.1) is 12.5 Å². The molecular formula is C11H11NO. The molecular weight excluding hydrogens is 162 g/mol. The van der Waals surface area contributed by atoms with Crippen LogP contribution in [0.25, 0.3) is 0 Å². The van der Waals surface area contributed by atoms with Crippen molar-refractivity contribution in [1.82, 2.24) is 0 Å². The van der Waals surface area contributed by atoms with Crippen molar-refractivity contribution >= 4 is 5.90 Å². The molecule has 0 radical (unpaired) electrons. The summed E-state index contributed by atoms with van der Waals surface area (Å²) in [6, 6.07) is 11.8. The standard InChI is InChI=1S/C11H11NO/c1-3-12-11(13-4-2)10-8-6-5-7-9-10/h1,5-9H,4H2,2H3. The lowest BCUT2D eigenvalue weighted by molar-refractivity contribution is 0.329. The molecule has 0 heterocycles. The van der Waals surface area contributed by atoms with E-state index in [1.165, 1.54) is 0 Å². The van der Waals surface area contributed by atoms with Gasteiger partial charge < -0.3 is 4.74 Å². The Hall–Kier alpha value is -1.75. The predicted octanol–water partition coefficient (Wildman–Crippen LogP) is 2.06. The van der Waals surface area contributed by atoms with Gasteiger partial charge in [-0.15, -0.1) is 0 Å². The van der Waals surface area contributed by atoms with Gasteiger partial charge in [-0.3, -0.25) is 0 Å². The molecule has 0 spiro atoms. The maximum absolute atomic E-state index is 5.28. The zero-order valence-corrected chi connectivity index (χ0v) is 7.53. The number of aliphatic imine (C=N–C) groups is 1. The van der Waals surface area contributed by atoms with Gasteiger partial charge in [0, 0.05) is 11.6 Å². The highest BCUT2D eigenvalue weighted by atomic mass is 16.5. The molecule has 1 aromatic carbocycles. The molecule has 0 aromatic heterocycles. The van der Waals surface area contributed by atoms with Crippen LogP contribution >= 0.6 is 0 Å². The smallest absolute Gasteiger partial charge is 0.229 e. The molecule has 0 saturated carbocycles. The Morgan fingerprint density at radius 2 is 2.15 bits per heavy atom. The molecule has 0 amide bonds. The molecule has 0 fully saturated rings. The fourth-order valence-electron chi connectivity index (χ4n) is 0.956. The number of terminal acetylenes is 1. The molecule has 1 rings (SSSR count). The number of rotatable bonds is 2. The van der Waals surface area contributed by atoms with E-state index < -0.39 is 0 Å². The molecule has 13 heavy (non-hydrogen) atoms. The van der Waals surface area contributed by atoms with Crippen LogP contribution in [0.5, 0.6) is 0 Å². The molecule has 0 aliphatic rings. The summed E-state index contributed by atoms with van der Waals surface area (Å²) in [5.41, 5.74) is 0.905. The maximum Gasteiger partial charge on any atom is 0.229 e. The second kappa shape index (κ2) is 5.00. The maximum atomic E-state index is 5.28. The summed E-state index contributed by atoms with van der Waals surface area (Å²) in [7, 11) is 0. The van der Waals surface area contributed by atoms with E-state index in [1.807, 2.05) is 37.3 Å². The van der Waals surface area contributed by atoms with E-state index in [0.29, 0.717) is 12.5 Å². The number of ether oxygens (including phenoxy) is 1. The summed E-state index contributed by atoms with van der Waals surface area (Å²) in [6.45, 7) is 2.46. The topological polar surface area (TPSA) is 21.6 Å². The third-order valence-corrected chi connectivity index (χ3v) is 1.47. The molecule has 66 valence electrons. The minimum atomic E-state index is 0.505. The summed E-state index contributed by atoms with van der Waals surface area (Å²) in [6.07, 6.45) is 5.08. The van der Waals surface area contributed by atoms with Crippen LogP contribution in [0.2, 0.25) is 0 Å². The van der Waals surface area contributed by atoms with Gasteiger partial charge in [0.25, 0.3) is 0 Å². The first-order valence-corrected chi connectivity index (χ1v) is 4.10. The quantitative estimate of drug-likeness (QED) is 0.381. The molecule has 1 aromatic rings. The summed E-state index contributed by atoms with van der Waals surface area (Å²) in [4.78, 5) is 3.81. The molecule has 0 aliphatic carbocycles. The average Bonchev–Trinajstić information content (AvgIpc) is 2.19. The number of hydrogen-bond donors (Lipinski definition) is 0. The predicted molar refractivity (Wildman–Crippen MR) is 53.4 cm³/mol. The molecule has 0 N–H and O–H groups in total. The second-order valence-corrected chi connectivity index (χ2v) is 2.35. The van der Waals surface area contributed by atoms with Crippen molar-refractivity contribution < 1.29 is 4.74 Å². The van der Waals surface area contributed by atoms with Gasteiger partial charge in [0.2, 0.25) is 5.90 Å². The normalized spacial score (nSPS) is 10.6. The Kier molecular flexibility index (Phi) is 3.59. The van der Waals surface area contributed by atoms with E-state index in [4.69, 9.17) is 11.2 Å². The van der Waals surface area contributed by atoms with E-state index in [-0.39, 0.29) is 0 Å². The van der Waals surface area contributed by atoms with Gasteiger partial charge in [-0.2, -0.15) is 4.99 Å². The van der Waals surface area contributed by atoms with E-state index in [0.717, 1.165) is 5.56 Å². The van der Waals surface area contributed by atoms with E-state index >= 15 is 0 Å². The van der Waals surface area contributed by atoms with Crippen LogP contribution in [0.3, 0.4) is 0 Å². The zero-order chi connectivity index (χ0) is 9.52. The van der Waals surface area contributed by atoms with Gasteiger partial charge in [0.1, 0.15) is 0 Å². The molecule has 0 bridgehead atoms. The lowest BCUT2D eigenvalue weighted by atomic mass is 10.2. The highest BCUT2D eigenvalue weighted by Crippen LogP contribution is 2.02. The molecule has 0 atom stereocenters. The Labute approximate surface area is 78.3 Å². The fraction of sp³-hybridized carbons (Fsp3) is 0.182. The van der Waals surface area contributed by atoms with Crippen LogP contribution in [0.15, 0.2) is 35.3 Å². The van der Waals surface area contributed by atoms with Gasteiger partial charge in [0.05, 0.1) is 6.61 Å². The Morgan fingerprint density at radius 3 is 2.69 bits per heavy atom. The lowest BCUT2D eigenvalue weighted by Gasteiger charge is -2.04. The Morgan fingerprint density at radius 1 is 1.46 bits per heavy atom. The first kappa shape index (κ1) is 9.34. The molecule has 0 saturated heterocycles. The Balaban J connectivity index is 2.91. The van der Waals surface area contributed by atoms with Crippen LogP contribution in [0.4, 0.5) is 0 Å².